The molecule has 2 aromatic rings. The molecule has 5 atom stereocenters. The second-order valence-corrected chi connectivity index (χ2v) is 12.9. The van der Waals surface area contributed by atoms with Crippen molar-refractivity contribution in [1.82, 2.24) is 30.7 Å². The Hall–Kier alpha value is -3.84. The predicted octanol–water partition coefficient (Wildman–Crippen LogP) is 0.481. The fourth-order valence-electron chi connectivity index (χ4n) is 5.60. The van der Waals surface area contributed by atoms with Crippen molar-refractivity contribution in [3.05, 3.63) is 51.5 Å². The van der Waals surface area contributed by atoms with Gasteiger partial charge in [0.2, 0.25) is 29.5 Å². The summed E-state index contributed by atoms with van der Waals surface area (Å²) in [7, 11) is 0. The molecule has 44 heavy (non-hydrogen) atoms. The highest BCUT2D eigenvalue weighted by Gasteiger charge is 2.43. The average Bonchev–Trinajstić information content (AvgIpc) is 3.54. The van der Waals surface area contributed by atoms with Gasteiger partial charge in [-0.15, -0.1) is 11.3 Å². The summed E-state index contributed by atoms with van der Waals surface area (Å²) < 4.78 is 0. The zero-order valence-corrected chi connectivity index (χ0v) is 26.5. The normalized spacial score (nSPS) is 24.5. The lowest BCUT2D eigenvalue weighted by Crippen LogP contribution is -2.58. The van der Waals surface area contributed by atoms with Gasteiger partial charge in [-0.2, -0.15) is 0 Å². The van der Waals surface area contributed by atoms with E-state index >= 15 is 0 Å². The van der Waals surface area contributed by atoms with Crippen molar-refractivity contribution in [1.29, 1.82) is 0 Å². The van der Waals surface area contributed by atoms with E-state index in [1.807, 2.05) is 58.0 Å². The Labute approximate surface area is 261 Å². The summed E-state index contributed by atoms with van der Waals surface area (Å²) in [6.07, 6.45) is -0.114. The van der Waals surface area contributed by atoms with E-state index in [0.29, 0.717) is 6.42 Å². The molecule has 0 bridgehead atoms. The van der Waals surface area contributed by atoms with Crippen molar-refractivity contribution in [3.63, 3.8) is 0 Å². The first kappa shape index (κ1) is 33.1. The molecule has 0 aliphatic carbocycles. The average molecular weight is 627 g/mol. The zero-order chi connectivity index (χ0) is 32.0. The number of thiazole rings is 1. The van der Waals surface area contributed by atoms with Gasteiger partial charge in [0.05, 0.1) is 29.8 Å². The highest BCUT2D eigenvalue weighted by Crippen LogP contribution is 2.23. The highest BCUT2D eigenvalue weighted by molar-refractivity contribution is 7.11. The third-order valence-electron chi connectivity index (χ3n) is 8.26. The van der Waals surface area contributed by atoms with E-state index in [1.165, 1.54) is 21.1 Å². The standard InChI is InChI=1S/C31H42N6O6S/c1-5-18(2)28-31(43)37-16-22(38)14-24(37)30(42)34-23(13-21-9-7-6-8-10-21)29(41)32-11-12-36(17-26(39)35-28)27(40)15-25-19(3)33-20(4)44-25/h6-10,18,22-24,28,38H,5,11-17H2,1-4H3,(H,32,41)(H,34,42)(H,35,39)/t18-,22+,23-,24-,28-/m0/s1. The molecule has 4 rings (SSSR count). The number of aliphatic hydroxyl groups excluding tert-OH is 1. The summed E-state index contributed by atoms with van der Waals surface area (Å²) in [5.41, 5.74) is 1.57. The minimum absolute atomic E-state index is 0.0111. The van der Waals surface area contributed by atoms with E-state index in [4.69, 9.17) is 0 Å². The minimum atomic E-state index is -1.01. The molecule has 0 radical (unpaired) electrons. The second-order valence-electron chi connectivity index (χ2n) is 11.6. The molecule has 4 N–H and O–H groups in total. The molecule has 0 spiro atoms. The molecule has 1 aromatic heterocycles. The largest absolute Gasteiger partial charge is 0.391 e. The number of benzene rings is 1. The number of fused-ring (bicyclic) bond motifs is 1. The van der Waals surface area contributed by atoms with Gasteiger partial charge in [-0.05, 0) is 25.3 Å². The first-order valence-electron chi connectivity index (χ1n) is 15.1. The topological polar surface area (TPSA) is 161 Å². The Morgan fingerprint density at radius 2 is 1.84 bits per heavy atom. The maximum atomic E-state index is 13.9. The first-order chi connectivity index (χ1) is 21.0. The number of nitrogens with zero attached hydrogens (tertiary/aromatic N) is 3. The Morgan fingerprint density at radius 1 is 1.11 bits per heavy atom. The summed E-state index contributed by atoms with van der Waals surface area (Å²) in [6, 6.07) is 6.27. The van der Waals surface area contributed by atoms with Crippen LogP contribution in [0.3, 0.4) is 0 Å². The molecule has 5 amide bonds. The predicted molar refractivity (Wildman–Crippen MR) is 164 cm³/mol. The number of hydrogen-bond donors (Lipinski definition) is 4. The van der Waals surface area contributed by atoms with E-state index in [9.17, 15) is 29.1 Å². The summed E-state index contributed by atoms with van der Waals surface area (Å²) in [4.78, 5) is 75.6. The number of aromatic nitrogens is 1. The molecular formula is C31H42N6O6S. The van der Waals surface area contributed by atoms with Crippen LogP contribution in [0.2, 0.25) is 0 Å². The van der Waals surface area contributed by atoms with Crippen molar-refractivity contribution in [2.75, 3.05) is 26.2 Å². The van der Waals surface area contributed by atoms with Crippen LogP contribution in [0.1, 0.15) is 47.8 Å². The number of nitrogens with one attached hydrogen (secondary N) is 3. The van der Waals surface area contributed by atoms with Crippen molar-refractivity contribution in [2.45, 2.75) is 77.6 Å². The van der Waals surface area contributed by atoms with Crippen LogP contribution in [0, 0.1) is 19.8 Å². The van der Waals surface area contributed by atoms with Crippen LogP contribution in [0.5, 0.6) is 0 Å². The Kier molecular flexibility index (Phi) is 11.1. The van der Waals surface area contributed by atoms with Crippen molar-refractivity contribution < 1.29 is 29.1 Å². The number of carbonyl (C=O) groups excluding carboxylic acids is 5. The SMILES string of the molecule is CC[C@H](C)[C@@H]1NC(=O)CN(C(=O)Cc2sc(C)nc2C)CCNC(=O)[C@H](Cc2ccccc2)NC(=O)[C@@H]2C[C@@H](O)CN2C1=O. The third kappa shape index (κ3) is 8.20. The van der Waals surface area contributed by atoms with Gasteiger partial charge in [0.25, 0.3) is 0 Å². The number of carbonyl (C=O) groups is 5. The molecule has 238 valence electrons. The fourth-order valence-corrected chi connectivity index (χ4v) is 6.53. The molecule has 1 aromatic carbocycles. The van der Waals surface area contributed by atoms with E-state index in [1.54, 1.807) is 0 Å². The molecule has 3 heterocycles. The van der Waals surface area contributed by atoms with Gasteiger partial charge in [0.15, 0.2) is 0 Å². The van der Waals surface area contributed by atoms with Gasteiger partial charge in [0, 0.05) is 37.4 Å². The van der Waals surface area contributed by atoms with E-state index in [0.717, 1.165) is 21.1 Å². The first-order valence-corrected chi connectivity index (χ1v) is 15.9. The number of aryl methyl sites for hydroxylation is 2. The van der Waals surface area contributed by atoms with Crippen LogP contribution < -0.4 is 16.0 Å². The van der Waals surface area contributed by atoms with Crippen LogP contribution in [-0.2, 0) is 36.8 Å². The maximum Gasteiger partial charge on any atom is 0.246 e. The van der Waals surface area contributed by atoms with Crippen LogP contribution in [-0.4, -0.2) is 99.8 Å². The fraction of sp³-hybridized carbons (Fsp3) is 0.548. The Bertz CT molecular complexity index is 1370. The van der Waals surface area contributed by atoms with Gasteiger partial charge in [-0.3, -0.25) is 24.0 Å². The lowest BCUT2D eigenvalue weighted by atomic mass is 9.97. The van der Waals surface area contributed by atoms with Crippen LogP contribution >= 0.6 is 11.3 Å². The number of rotatable bonds is 6. The Balaban J connectivity index is 1.65. The third-order valence-corrected chi connectivity index (χ3v) is 9.33. The van der Waals surface area contributed by atoms with Crippen LogP contribution in [0.4, 0.5) is 0 Å². The number of amides is 5. The van der Waals surface area contributed by atoms with Gasteiger partial charge in [-0.25, -0.2) is 4.98 Å². The van der Waals surface area contributed by atoms with Crippen molar-refractivity contribution >= 4 is 40.9 Å². The molecule has 12 nitrogen and oxygen atoms in total. The molecular weight excluding hydrogens is 584 g/mol. The van der Waals surface area contributed by atoms with E-state index in [2.05, 4.69) is 20.9 Å². The molecule has 2 aliphatic heterocycles. The number of hydrogen-bond acceptors (Lipinski definition) is 8. The second kappa shape index (κ2) is 14.8. The Morgan fingerprint density at radius 3 is 2.50 bits per heavy atom. The summed E-state index contributed by atoms with van der Waals surface area (Å²) >= 11 is 1.42. The quantitative estimate of drug-likeness (QED) is 0.363. The molecule has 2 aliphatic rings. The van der Waals surface area contributed by atoms with Gasteiger partial charge >= 0.3 is 0 Å². The van der Waals surface area contributed by atoms with Gasteiger partial charge in [0.1, 0.15) is 18.1 Å². The molecule has 2 fully saturated rings. The summed E-state index contributed by atoms with van der Waals surface area (Å²) in [5.74, 6) is -2.63. The monoisotopic (exact) mass is 626 g/mol. The van der Waals surface area contributed by atoms with Crippen molar-refractivity contribution in [3.8, 4) is 0 Å². The van der Waals surface area contributed by atoms with E-state index < -0.39 is 47.9 Å². The maximum absolute atomic E-state index is 13.9. The van der Waals surface area contributed by atoms with Gasteiger partial charge in [-0.1, -0.05) is 50.6 Å². The van der Waals surface area contributed by atoms with Crippen molar-refractivity contribution in [2.24, 2.45) is 5.92 Å². The smallest absolute Gasteiger partial charge is 0.246 e. The molecule has 2 saturated heterocycles. The lowest BCUT2D eigenvalue weighted by Gasteiger charge is -2.32. The zero-order valence-electron chi connectivity index (χ0n) is 25.7. The summed E-state index contributed by atoms with van der Waals surface area (Å²) in [6.45, 7) is 7.11. The van der Waals surface area contributed by atoms with Gasteiger partial charge < -0.3 is 30.9 Å². The van der Waals surface area contributed by atoms with E-state index in [-0.39, 0.29) is 57.3 Å². The van der Waals surface area contributed by atoms with Crippen LogP contribution in [0.15, 0.2) is 30.3 Å². The lowest BCUT2D eigenvalue weighted by molar-refractivity contribution is -0.143. The molecule has 13 heteroatoms. The van der Waals surface area contributed by atoms with Crippen LogP contribution in [0.25, 0.3) is 0 Å². The highest BCUT2D eigenvalue weighted by atomic mass is 32.1. The minimum Gasteiger partial charge on any atom is -0.391 e. The summed E-state index contributed by atoms with van der Waals surface area (Å²) in [5, 5.41) is 19.8. The molecule has 0 unspecified atom stereocenters. The molecule has 0 saturated carbocycles. The number of aliphatic hydroxyl groups is 1.